The van der Waals surface area contributed by atoms with Gasteiger partial charge in [-0.3, -0.25) is 14.5 Å². The van der Waals surface area contributed by atoms with Crippen molar-refractivity contribution in [1.29, 1.82) is 0 Å². The summed E-state index contributed by atoms with van der Waals surface area (Å²) < 4.78 is 5.26. The summed E-state index contributed by atoms with van der Waals surface area (Å²) in [4.78, 5) is 33.2. The number of thiazole rings is 1. The number of rotatable bonds is 7. The van der Waals surface area contributed by atoms with Crippen LogP contribution in [0.5, 0.6) is 5.75 Å². The molecule has 0 spiro atoms. The minimum Gasteiger partial charge on any atom is -0.495 e. The summed E-state index contributed by atoms with van der Waals surface area (Å²) in [6, 6.07) is 5.55. The van der Waals surface area contributed by atoms with Crippen molar-refractivity contribution in [3.05, 3.63) is 35.3 Å². The Balaban J connectivity index is 1.43. The first kappa shape index (κ1) is 21.1. The van der Waals surface area contributed by atoms with Crippen LogP contribution in [0, 0.1) is 6.92 Å². The second kappa shape index (κ2) is 10.2. The molecule has 0 aliphatic carbocycles. The first-order valence-electron chi connectivity index (χ1n) is 9.63. The third-order valence-corrected chi connectivity index (χ3v) is 5.55. The van der Waals surface area contributed by atoms with E-state index in [1.54, 1.807) is 24.5 Å². The lowest BCUT2D eigenvalue weighted by Gasteiger charge is -2.21. The Bertz CT molecular complexity index is 828. The molecule has 0 bridgehead atoms. The SMILES string of the molecule is COc1ccc(C)cc1NC(=O)CNC(=O)CN1CCCN(c2nccs2)CC1. The van der Waals surface area contributed by atoms with Crippen LogP contribution >= 0.6 is 11.3 Å². The molecule has 0 saturated carbocycles. The first-order valence-corrected chi connectivity index (χ1v) is 10.5. The Labute approximate surface area is 174 Å². The Morgan fingerprint density at radius 1 is 1.21 bits per heavy atom. The van der Waals surface area contributed by atoms with E-state index in [2.05, 4.69) is 25.4 Å². The van der Waals surface area contributed by atoms with Crippen LogP contribution in [0.1, 0.15) is 12.0 Å². The van der Waals surface area contributed by atoms with Gasteiger partial charge in [-0.25, -0.2) is 4.98 Å². The van der Waals surface area contributed by atoms with Gasteiger partial charge in [0.25, 0.3) is 0 Å². The van der Waals surface area contributed by atoms with Crippen LogP contribution in [-0.2, 0) is 9.59 Å². The van der Waals surface area contributed by atoms with Crippen LogP contribution in [-0.4, -0.2) is 68.1 Å². The Morgan fingerprint density at radius 3 is 2.83 bits per heavy atom. The first-order chi connectivity index (χ1) is 14.0. The summed E-state index contributed by atoms with van der Waals surface area (Å²) in [6.45, 7) is 5.57. The lowest BCUT2D eigenvalue weighted by molar-refractivity contribution is -0.125. The van der Waals surface area contributed by atoms with E-state index in [4.69, 9.17) is 4.74 Å². The van der Waals surface area contributed by atoms with E-state index in [9.17, 15) is 9.59 Å². The number of nitrogens with one attached hydrogen (secondary N) is 2. The maximum absolute atomic E-state index is 12.3. The summed E-state index contributed by atoms with van der Waals surface area (Å²) >= 11 is 1.63. The van der Waals surface area contributed by atoms with Crippen LogP contribution < -0.4 is 20.3 Å². The number of carbonyl (C=O) groups is 2. The third kappa shape index (κ3) is 6.16. The van der Waals surface area contributed by atoms with Gasteiger partial charge >= 0.3 is 0 Å². The van der Waals surface area contributed by atoms with E-state index < -0.39 is 0 Å². The molecule has 1 aromatic heterocycles. The van der Waals surface area contributed by atoms with Gasteiger partial charge in [-0.1, -0.05) is 6.07 Å². The molecule has 2 aromatic rings. The number of amides is 2. The number of ether oxygens (including phenoxy) is 1. The van der Waals surface area contributed by atoms with Gasteiger partial charge < -0.3 is 20.3 Å². The number of hydrogen-bond donors (Lipinski definition) is 2. The molecule has 2 N–H and O–H groups in total. The summed E-state index contributed by atoms with van der Waals surface area (Å²) in [6.07, 6.45) is 2.79. The highest BCUT2D eigenvalue weighted by molar-refractivity contribution is 7.13. The zero-order chi connectivity index (χ0) is 20.6. The number of benzene rings is 1. The van der Waals surface area contributed by atoms with E-state index in [1.165, 1.54) is 0 Å². The van der Waals surface area contributed by atoms with Crippen molar-refractivity contribution < 1.29 is 14.3 Å². The molecular weight excluding hydrogens is 390 g/mol. The molecule has 1 aromatic carbocycles. The highest BCUT2D eigenvalue weighted by atomic mass is 32.1. The van der Waals surface area contributed by atoms with Crippen LogP contribution in [0.2, 0.25) is 0 Å². The normalized spacial score (nSPS) is 14.9. The van der Waals surface area contributed by atoms with E-state index >= 15 is 0 Å². The van der Waals surface area contributed by atoms with Crippen molar-refractivity contribution in [2.24, 2.45) is 0 Å². The number of nitrogens with zero attached hydrogens (tertiary/aromatic N) is 3. The van der Waals surface area contributed by atoms with Gasteiger partial charge in [-0.2, -0.15) is 0 Å². The Morgan fingerprint density at radius 2 is 2.07 bits per heavy atom. The maximum atomic E-state index is 12.3. The van der Waals surface area contributed by atoms with Gasteiger partial charge in [0.15, 0.2) is 5.13 Å². The molecule has 3 rings (SSSR count). The topological polar surface area (TPSA) is 86.8 Å². The van der Waals surface area contributed by atoms with Crippen LogP contribution in [0.15, 0.2) is 29.8 Å². The fraction of sp³-hybridized carbons (Fsp3) is 0.450. The van der Waals surface area contributed by atoms with Gasteiger partial charge in [0.2, 0.25) is 11.8 Å². The maximum Gasteiger partial charge on any atom is 0.243 e. The van der Waals surface area contributed by atoms with Gasteiger partial charge in [0.1, 0.15) is 5.75 Å². The number of anilines is 2. The Kier molecular flexibility index (Phi) is 7.42. The fourth-order valence-corrected chi connectivity index (χ4v) is 3.94. The lowest BCUT2D eigenvalue weighted by Crippen LogP contribution is -2.41. The number of aryl methyl sites for hydroxylation is 1. The second-order valence-electron chi connectivity index (χ2n) is 6.96. The highest BCUT2D eigenvalue weighted by Gasteiger charge is 2.19. The lowest BCUT2D eigenvalue weighted by atomic mass is 10.2. The largest absolute Gasteiger partial charge is 0.495 e. The van der Waals surface area contributed by atoms with Crippen molar-refractivity contribution in [3.8, 4) is 5.75 Å². The molecule has 0 unspecified atom stereocenters. The Hall–Kier alpha value is -2.65. The molecule has 9 heteroatoms. The van der Waals surface area contributed by atoms with Crippen molar-refractivity contribution >= 4 is 34.0 Å². The summed E-state index contributed by atoms with van der Waals surface area (Å²) in [5.41, 5.74) is 1.61. The summed E-state index contributed by atoms with van der Waals surface area (Å²) in [5.74, 6) is 0.150. The monoisotopic (exact) mass is 417 g/mol. The van der Waals surface area contributed by atoms with Gasteiger partial charge in [0.05, 0.1) is 25.9 Å². The van der Waals surface area contributed by atoms with E-state index in [0.717, 1.165) is 43.3 Å². The smallest absolute Gasteiger partial charge is 0.243 e. The molecule has 1 aliphatic heterocycles. The highest BCUT2D eigenvalue weighted by Crippen LogP contribution is 2.25. The molecule has 1 aliphatic rings. The van der Waals surface area contributed by atoms with Crippen molar-refractivity contribution in [1.82, 2.24) is 15.2 Å². The zero-order valence-corrected chi connectivity index (χ0v) is 17.6. The van der Waals surface area contributed by atoms with Gasteiger partial charge in [-0.05, 0) is 31.0 Å². The molecule has 2 amide bonds. The number of hydrogen-bond acceptors (Lipinski definition) is 7. The van der Waals surface area contributed by atoms with Crippen molar-refractivity contribution in [2.75, 3.05) is 56.6 Å². The van der Waals surface area contributed by atoms with Gasteiger partial charge in [-0.15, -0.1) is 11.3 Å². The predicted octanol–water partition coefficient (Wildman–Crippen LogP) is 1.73. The zero-order valence-electron chi connectivity index (χ0n) is 16.8. The number of aromatic nitrogens is 1. The third-order valence-electron chi connectivity index (χ3n) is 4.72. The standard InChI is InChI=1S/C20H27N5O3S/c1-15-4-5-17(28-2)16(12-15)23-18(26)13-22-19(27)14-24-7-3-8-25(10-9-24)20-21-6-11-29-20/h4-6,11-12H,3,7-10,13-14H2,1-2H3,(H,22,27)(H,23,26). The molecular formula is C20H27N5O3S. The van der Waals surface area contributed by atoms with Crippen LogP contribution in [0.3, 0.4) is 0 Å². The van der Waals surface area contributed by atoms with E-state index in [-0.39, 0.29) is 24.9 Å². The van der Waals surface area contributed by atoms with Crippen molar-refractivity contribution in [2.45, 2.75) is 13.3 Å². The molecule has 29 heavy (non-hydrogen) atoms. The van der Waals surface area contributed by atoms with Crippen LogP contribution in [0.4, 0.5) is 10.8 Å². The quantitative estimate of drug-likeness (QED) is 0.714. The molecule has 1 saturated heterocycles. The second-order valence-corrected chi connectivity index (χ2v) is 7.83. The van der Waals surface area contributed by atoms with Gasteiger partial charge in [0, 0.05) is 37.8 Å². The summed E-state index contributed by atoms with van der Waals surface area (Å²) in [7, 11) is 1.55. The minimum absolute atomic E-state index is 0.0744. The fourth-order valence-electron chi connectivity index (χ4n) is 3.24. The molecule has 156 valence electrons. The average Bonchev–Trinajstić information content (AvgIpc) is 3.14. The number of methoxy groups -OCH3 is 1. The van der Waals surface area contributed by atoms with E-state index in [1.807, 2.05) is 30.6 Å². The van der Waals surface area contributed by atoms with E-state index in [0.29, 0.717) is 11.4 Å². The number of carbonyl (C=O) groups excluding carboxylic acids is 2. The molecule has 8 nitrogen and oxygen atoms in total. The molecule has 0 radical (unpaired) electrons. The molecule has 1 fully saturated rings. The predicted molar refractivity (Wildman–Crippen MR) is 115 cm³/mol. The minimum atomic E-state index is -0.284. The van der Waals surface area contributed by atoms with Crippen LogP contribution in [0.25, 0.3) is 0 Å². The molecule has 2 heterocycles. The average molecular weight is 418 g/mol. The summed E-state index contributed by atoms with van der Waals surface area (Å²) in [5, 5.41) is 8.49. The van der Waals surface area contributed by atoms with Crippen molar-refractivity contribution in [3.63, 3.8) is 0 Å². The molecule has 0 atom stereocenters.